The van der Waals surface area contributed by atoms with Crippen molar-refractivity contribution in [2.45, 2.75) is 11.4 Å². The molecule has 0 radical (unpaired) electrons. The van der Waals surface area contributed by atoms with Crippen LogP contribution in [0.1, 0.15) is 0 Å². The van der Waals surface area contributed by atoms with Gasteiger partial charge < -0.3 is 4.90 Å². The summed E-state index contributed by atoms with van der Waals surface area (Å²) in [6.07, 6.45) is 3.07. The van der Waals surface area contributed by atoms with Gasteiger partial charge in [-0.3, -0.25) is 4.79 Å². The molecule has 2 aromatic rings. The van der Waals surface area contributed by atoms with Gasteiger partial charge in [-0.1, -0.05) is 11.3 Å². The molecule has 24 heavy (non-hydrogen) atoms. The second-order valence-corrected chi connectivity index (χ2v) is 7.28. The summed E-state index contributed by atoms with van der Waals surface area (Å²) < 4.78 is 41.0. The number of piperazine rings is 1. The molecule has 3 rings (SSSR count). The van der Waals surface area contributed by atoms with Gasteiger partial charge in [-0.25, -0.2) is 17.5 Å². The number of benzene rings is 1. The highest BCUT2D eigenvalue weighted by molar-refractivity contribution is 7.89. The van der Waals surface area contributed by atoms with Crippen LogP contribution < -0.4 is 0 Å². The van der Waals surface area contributed by atoms with Crippen molar-refractivity contribution < 1.29 is 17.6 Å². The number of nitrogens with zero attached hydrogens (tertiary/aromatic N) is 5. The lowest BCUT2D eigenvalue weighted by Crippen LogP contribution is -2.51. The highest BCUT2D eigenvalue weighted by Gasteiger charge is 2.30. The largest absolute Gasteiger partial charge is 0.338 e. The summed E-state index contributed by atoms with van der Waals surface area (Å²) in [6, 6.07) is 4.91. The Bertz CT molecular complexity index is 817. The molecule has 1 aromatic carbocycles. The minimum atomic E-state index is -3.76. The fourth-order valence-corrected chi connectivity index (χ4v) is 3.96. The Balaban J connectivity index is 1.63. The van der Waals surface area contributed by atoms with Crippen LogP contribution in [0, 0.1) is 5.82 Å². The lowest BCUT2D eigenvalue weighted by Gasteiger charge is -2.34. The third-order valence-corrected chi connectivity index (χ3v) is 5.69. The maximum Gasteiger partial charge on any atom is 0.244 e. The van der Waals surface area contributed by atoms with Crippen LogP contribution in [0.2, 0.25) is 0 Å². The Hall–Kier alpha value is -2.33. The number of hydrogen-bond acceptors (Lipinski definition) is 5. The van der Waals surface area contributed by atoms with Crippen molar-refractivity contribution in [2.24, 2.45) is 0 Å². The summed E-state index contributed by atoms with van der Waals surface area (Å²) in [5.74, 6) is -0.749. The second kappa shape index (κ2) is 6.65. The van der Waals surface area contributed by atoms with E-state index in [1.54, 1.807) is 11.1 Å². The van der Waals surface area contributed by atoms with E-state index in [0.717, 1.165) is 6.07 Å². The molecule has 1 amide bonds. The molecule has 8 nitrogen and oxygen atoms in total. The van der Waals surface area contributed by atoms with E-state index in [4.69, 9.17) is 0 Å². The van der Waals surface area contributed by atoms with Crippen LogP contribution in [-0.2, 0) is 21.4 Å². The molecule has 1 aromatic heterocycles. The van der Waals surface area contributed by atoms with E-state index in [-0.39, 0.29) is 43.5 Å². The number of aromatic nitrogens is 3. The van der Waals surface area contributed by atoms with Crippen LogP contribution in [0.3, 0.4) is 0 Å². The standard InChI is InChI=1S/C14H16FN5O3S/c15-12-2-1-3-13(10-12)24(22,23)20-8-6-18(7-9-20)14(21)11-19-5-4-16-17-19/h1-5,10H,6-9,11H2. The fraction of sp³-hybridized carbons (Fsp3) is 0.357. The molecule has 2 heterocycles. The number of carbonyl (C=O) groups is 1. The zero-order chi connectivity index (χ0) is 17.2. The smallest absolute Gasteiger partial charge is 0.244 e. The first kappa shape index (κ1) is 16.5. The van der Waals surface area contributed by atoms with E-state index in [1.165, 1.54) is 33.4 Å². The third kappa shape index (κ3) is 3.44. The van der Waals surface area contributed by atoms with E-state index in [2.05, 4.69) is 10.3 Å². The maximum absolute atomic E-state index is 13.3. The van der Waals surface area contributed by atoms with Gasteiger partial charge in [-0.15, -0.1) is 5.10 Å². The average Bonchev–Trinajstić information content (AvgIpc) is 3.08. The van der Waals surface area contributed by atoms with Gasteiger partial charge in [-0.2, -0.15) is 4.31 Å². The van der Waals surface area contributed by atoms with Gasteiger partial charge in [0, 0.05) is 32.4 Å². The zero-order valence-corrected chi connectivity index (χ0v) is 13.6. The molecule has 0 atom stereocenters. The van der Waals surface area contributed by atoms with Gasteiger partial charge in [0.2, 0.25) is 15.9 Å². The molecular formula is C14H16FN5O3S. The van der Waals surface area contributed by atoms with Gasteiger partial charge in [0.05, 0.1) is 11.1 Å². The van der Waals surface area contributed by atoms with E-state index in [0.29, 0.717) is 0 Å². The Kier molecular flexibility index (Phi) is 4.58. The molecule has 1 aliphatic rings. The van der Waals surface area contributed by atoms with E-state index in [1.807, 2.05) is 0 Å². The number of halogens is 1. The number of hydrogen-bond donors (Lipinski definition) is 0. The number of carbonyl (C=O) groups excluding carboxylic acids is 1. The van der Waals surface area contributed by atoms with Crippen molar-refractivity contribution in [3.63, 3.8) is 0 Å². The highest BCUT2D eigenvalue weighted by Crippen LogP contribution is 2.18. The van der Waals surface area contributed by atoms with Crippen LogP contribution >= 0.6 is 0 Å². The van der Waals surface area contributed by atoms with E-state index >= 15 is 0 Å². The number of sulfonamides is 1. The SMILES string of the molecule is O=C(Cn1ccnn1)N1CCN(S(=O)(=O)c2cccc(F)c2)CC1. The van der Waals surface area contributed by atoms with Gasteiger partial charge >= 0.3 is 0 Å². The molecule has 1 fully saturated rings. The second-order valence-electron chi connectivity index (χ2n) is 5.34. The summed E-state index contributed by atoms with van der Waals surface area (Å²) in [5, 5.41) is 7.36. The monoisotopic (exact) mass is 353 g/mol. The van der Waals surface area contributed by atoms with Crippen LogP contribution in [-0.4, -0.2) is 64.7 Å². The third-order valence-electron chi connectivity index (χ3n) is 3.79. The van der Waals surface area contributed by atoms with Gasteiger partial charge in [-0.05, 0) is 18.2 Å². The lowest BCUT2D eigenvalue weighted by molar-refractivity contribution is -0.133. The molecule has 1 saturated heterocycles. The first-order chi connectivity index (χ1) is 11.5. The Morgan fingerprint density at radius 2 is 1.96 bits per heavy atom. The van der Waals surface area contributed by atoms with Crippen LogP contribution in [0.5, 0.6) is 0 Å². The Morgan fingerprint density at radius 1 is 1.21 bits per heavy atom. The Morgan fingerprint density at radius 3 is 2.58 bits per heavy atom. The first-order valence-electron chi connectivity index (χ1n) is 7.34. The van der Waals surface area contributed by atoms with Crippen molar-refractivity contribution in [1.29, 1.82) is 0 Å². The predicted molar refractivity (Wildman–Crippen MR) is 81.8 cm³/mol. The van der Waals surface area contributed by atoms with Crippen molar-refractivity contribution in [2.75, 3.05) is 26.2 Å². The Labute approximate surface area is 138 Å². The zero-order valence-electron chi connectivity index (χ0n) is 12.7. The van der Waals surface area contributed by atoms with Crippen molar-refractivity contribution >= 4 is 15.9 Å². The molecule has 10 heteroatoms. The van der Waals surface area contributed by atoms with Crippen molar-refractivity contribution in [3.8, 4) is 0 Å². The van der Waals surface area contributed by atoms with Crippen molar-refractivity contribution in [1.82, 2.24) is 24.2 Å². The van der Waals surface area contributed by atoms with Gasteiger partial charge in [0.1, 0.15) is 12.4 Å². The molecule has 128 valence electrons. The predicted octanol–water partition coefficient (Wildman–Crippen LogP) is -0.0497. The van der Waals surface area contributed by atoms with Crippen LogP contribution in [0.15, 0.2) is 41.6 Å². The summed E-state index contributed by atoms with van der Waals surface area (Å²) in [5.41, 5.74) is 0. The topological polar surface area (TPSA) is 88.4 Å². The summed E-state index contributed by atoms with van der Waals surface area (Å²) in [7, 11) is -3.76. The number of rotatable bonds is 4. The van der Waals surface area contributed by atoms with E-state index in [9.17, 15) is 17.6 Å². The normalized spacial score (nSPS) is 16.3. The van der Waals surface area contributed by atoms with Gasteiger partial charge in [0.15, 0.2) is 0 Å². The maximum atomic E-state index is 13.3. The minimum absolute atomic E-state index is 0.0661. The number of amides is 1. The summed E-state index contributed by atoms with van der Waals surface area (Å²) in [6.45, 7) is 0.963. The first-order valence-corrected chi connectivity index (χ1v) is 8.78. The van der Waals surface area contributed by atoms with Crippen LogP contribution in [0.25, 0.3) is 0 Å². The summed E-state index contributed by atoms with van der Waals surface area (Å²) in [4.78, 5) is 13.7. The average molecular weight is 353 g/mol. The molecule has 0 N–H and O–H groups in total. The highest BCUT2D eigenvalue weighted by atomic mass is 32.2. The molecule has 1 aliphatic heterocycles. The minimum Gasteiger partial charge on any atom is -0.338 e. The molecular weight excluding hydrogens is 337 g/mol. The van der Waals surface area contributed by atoms with Crippen molar-refractivity contribution in [3.05, 3.63) is 42.5 Å². The lowest BCUT2D eigenvalue weighted by atomic mass is 10.3. The molecule has 0 bridgehead atoms. The van der Waals surface area contributed by atoms with Crippen LogP contribution in [0.4, 0.5) is 4.39 Å². The fourth-order valence-electron chi connectivity index (χ4n) is 2.51. The quantitative estimate of drug-likeness (QED) is 0.769. The molecule has 0 spiro atoms. The van der Waals surface area contributed by atoms with E-state index < -0.39 is 15.8 Å². The molecule has 0 saturated carbocycles. The summed E-state index contributed by atoms with van der Waals surface area (Å²) >= 11 is 0. The van der Waals surface area contributed by atoms with Gasteiger partial charge in [0.25, 0.3) is 0 Å². The molecule has 0 unspecified atom stereocenters. The molecule has 0 aliphatic carbocycles.